The van der Waals surface area contributed by atoms with Crippen LogP contribution >= 0.6 is 0 Å². The molecule has 10 heteroatoms. The van der Waals surface area contributed by atoms with Gasteiger partial charge >= 0.3 is 0 Å². The summed E-state index contributed by atoms with van der Waals surface area (Å²) in [7, 11) is 0. The molecule has 2 aliphatic heterocycles. The molecule has 2 aliphatic rings. The second-order valence-electron chi connectivity index (χ2n) is 10.7. The van der Waals surface area contributed by atoms with Crippen LogP contribution in [-0.4, -0.2) is 74.9 Å². The van der Waals surface area contributed by atoms with E-state index < -0.39 is 6.10 Å². The third kappa shape index (κ3) is 7.45. The number of fused-ring (bicyclic) bond motifs is 1. The van der Waals surface area contributed by atoms with Gasteiger partial charge in [-0.05, 0) is 55.0 Å². The lowest BCUT2D eigenvalue weighted by Gasteiger charge is -2.32. The molecule has 3 aromatic rings. The molecule has 1 amide bonds. The molecule has 5 rings (SSSR count). The number of hydrogen-bond donors (Lipinski definition) is 2. The largest absolute Gasteiger partial charge is 0.486 e. The molecule has 4 heterocycles. The van der Waals surface area contributed by atoms with E-state index in [1.54, 1.807) is 25.5 Å². The van der Waals surface area contributed by atoms with Gasteiger partial charge < -0.3 is 24.5 Å². The summed E-state index contributed by atoms with van der Waals surface area (Å²) in [5, 5.41) is 14.2. The molecule has 10 nitrogen and oxygen atoms in total. The highest BCUT2D eigenvalue weighted by atomic mass is 16.5. The van der Waals surface area contributed by atoms with Crippen LogP contribution in [0.1, 0.15) is 59.9 Å². The number of carbonyl (C=O) groups excluding carboxylic acids is 2. The number of nitrogens with one attached hydrogen (secondary N) is 1. The molecule has 0 saturated carbocycles. The molecular weight excluding hydrogens is 510 g/mol. The first-order valence-electron chi connectivity index (χ1n) is 14.0. The van der Waals surface area contributed by atoms with Crippen LogP contribution in [0.3, 0.4) is 0 Å². The van der Waals surface area contributed by atoms with Gasteiger partial charge in [0.1, 0.15) is 12.4 Å². The van der Waals surface area contributed by atoms with Gasteiger partial charge in [0.05, 0.1) is 18.0 Å². The molecule has 0 radical (unpaired) electrons. The monoisotopic (exact) mass is 547 g/mol. The summed E-state index contributed by atoms with van der Waals surface area (Å²) in [6.45, 7) is 5.53. The van der Waals surface area contributed by atoms with E-state index in [-0.39, 0.29) is 24.2 Å². The number of amides is 1. The van der Waals surface area contributed by atoms with E-state index in [1.165, 1.54) is 17.5 Å². The third-order valence-electron chi connectivity index (χ3n) is 7.68. The van der Waals surface area contributed by atoms with E-state index >= 15 is 0 Å². The third-order valence-corrected chi connectivity index (χ3v) is 7.68. The lowest BCUT2D eigenvalue weighted by Crippen LogP contribution is -2.41. The molecule has 1 saturated heterocycles. The van der Waals surface area contributed by atoms with Crippen molar-refractivity contribution < 1.29 is 23.8 Å². The van der Waals surface area contributed by atoms with E-state index in [0.717, 1.165) is 56.9 Å². The minimum absolute atomic E-state index is 0.0246. The zero-order chi connectivity index (χ0) is 27.9. The van der Waals surface area contributed by atoms with Crippen LogP contribution in [0.4, 0.5) is 5.69 Å². The first-order chi connectivity index (χ1) is 19.4. The molecule has 0 bridgehead atoms. The Balaban J connectivity index is 1.05. The summed E-state index contributed by atoms with van der Waals surface area (Å²) in [4.78, 5) is 36.7. The standard InChI is InChI=1S/C30H37N5O5/c1-21(36)35-10-7-25(8-11-35)33-26-12-24(14-31-15-26)30(38)5-3-27(37)18-34-9-6-22-13-28(4-2-23(22)17-34)39-19-29-16-32-20-40-29/h2,4,12-16,20,25,27,33,37H,3,5-11,17-19H2,1H3/t27-/m0/s1. The minimum atomic E-state index is -0.587. The molecule has 2 N–H and O–H groups in total. The van der Waals surface area contributed by atoms with Crippen molar-refractivity contribution in [3.8, 4) is 5.75 Å². The number of ketones is 1. The number of aromatic nitrogens is 2. The Morgan fingerprint density at radius 1 is 1.12 bits per heavy atom. The highest BCUT2D eigenvalue weighted by Gasteiger charge is 2.22. The summed E-state index contributed by atoms with van der Waals surface area (Å²) in [6.07, 6.45) is 9.03. The van der Waals surface area contributed by atoms with Crippen LogP contribution in [0, 0.1) is 0 Å². The molecule has 0 unspecified atom stereocenters. The maximum atomic E-state index is 12.9. The number of ether oxygens (including phenoxy) is 1. The second kappa shape index (κ2) is 13.1. The topological polar surface area (TPSA) is 121 Å². The summed E-state index contributed by atoms with van der Waals surface area (Å²) >= 11 is 0. The molecule has 0 spiro atoms. The van der Waals surface area contributed by atoms with Crippen molar-refractivity contribution in [1.29, 1.82) is 0 Å². The molecule has 1 atom stereocenters. The van der Waals surface area contributed by atoms with Gasteiger partial charge in [-0.15, -0.1) is 0 Å². The van der Waals surface area contributed by atoms with E-state index in [9.17, 15) is 14.7 Å². The number of carbonyl (C=O) groups is 2. The fraction of sp³-hybridized carbons (Fsp3) is 0.467. The highest BCUT2D eigenvalue weighted by molar-refractivity contribution is 5.96. The molecule has 1 aromatic carbocycles. The van der Waals surface area contributed by atoms with Gasteiger partial charge in [0.15, 0.2) is 17.9 Å². The van der Waals surface area contributed by atoms with Crippen molar-refractivity contribution in [2.75, 3.05) is 31.5 Å². The zero-order valence-electron chi connectivity index (χ0n) is 22.9. The molecule has 2 aromatic heterocycles. The van der Waals surface area contributed by atoms with Crippen molar-refractivity contribution in [2.24, 2.45) is 0 Å². The average molecular weight is 548 g/mol. The van der Waals surface area contributed by atoms with Gasteiger partial charge in [0, 0.05) is 70.1 Å². The van der Waals surface area contributed by atoms with Crippen LogP contribution < -0.4 is 10.1 Å². The number of hydrogen-bond acceptors (Lipinski definition) is 9. The Hall–Kier alpha value is -3.76. The lowest BCUT2D eigenvalue weighted by atomic mass is 9.98. The number of pyridine rings is 1. The van der Waals surface area contributed by atoms with Crippen LogP contribution in [-0.2, 0) is 24.4 Å². The number of oxazole rings is 1. The normalized spacial score (nSPS) is 16.8. The van der Waals surface area contributed by atoms with Crippen LogP contribution in [0.5, 0.6) is 5.75 Å². The van der Waals surface area contributed by atoms with Gasteiger partial charge in [-0.2, -0.15) is 0 Å². The quantitative estimate of drug-likeness (QED) is 0.348. The van der Waals surface area contributed by atoms with Crippen molar-refractivity contribution >= 4 is 17.4 Å². The number of nitrogens with zero attached hydrogens (tertiary/aromatic N) is 4. The Morgan fingerprint density at radius 3 is 2.75 bits per heavy atom. The number of benzene rings is 1. The SMILES string of the molecule is CC(=O)N1CCC(Nc2cncc(C(=O)CC[C@H](O)CN3CCc4cc(OCc5cnco5)ccc4C3)c2)CC1. The maximum Gasteiger partial charge on any atom is 0.219 e. The number of likely N-dealkylation sites (tertiary alicyclic amines) is 1. The number of piperidine rings is 1. The smallest absolute Gasteiger partial charge is 0.219 e. The van der Waals surface area contributed by atoms with E-state index in [4.69, 9.17) is 9.15 Å². The minimum Gasteiger partial charge on any atom is -0.486 e. The van der Waals surface area contributed by atoms with Gasteiger partial charge in [-0.3, -0.25) is 19.5 Å². The predicted octanol–water partition coefficient (Wildman–Crippen LogP) is 3.45. The van der Waals surface area contributed by atoms with Crippen LogP contribution in [0.15, 0.2) is 53.7 Å². The maximum absolute atomic E-state index is 12.9. The molecule has 212 valence electrons. The van der Waals surface area contributed by atoms with Crippen LogP contribution in [0.25, 0.3) is 0 Å². The molecule has 1 fully saturated rings. The van der Waals surface area contributed by atoms with Gasteiger partial charge in [0.25, 0.3) is 0 Å². The van der Waals surface area contributed by atoms with Crippen molar-refractivity contribution in [3.05, 3.63) is 71.7 Å². The number of anilines is 1. The van der Waals surface area contributed by atoms with Crippen LogP contribution in [0.2, 0.25) is 0 Å². The van der Waals surface area contributed by atoms with Crippen molar-refractivity contribution in [1.82, 2.24) is 19.8 Å². The van der Waals surface area contributed by atoms with E-state index in [0.29, 0.717) is 30.9 Å². The fourth-order valence-electron chi connectivity index (χ4n) is 5.38. The van der Waals surface area contributed by atoms with Crippen molar-refractivity contribution in [2.45, 2.75) is 64.3 Å². The van der Waals surface area contributed by atoms with E-state index in [2.05, 4.69) is 32.3 Å². The molecule has 0 aliphatic carbocycles. The second-order valence-corrected chi connectivity index (χ2v) is 10.7. The number of rotatable bonds is 11. The Morgan fingerprint density at radius 2 is 1.98 bits per heavy atom. The number of aliphatic hydroxyl groups excluding tert-OH is 1. The number of Topliss-reactive ketones (excluding diaryl/α,β-unsaturated/α-hetero) is 1. The lowest BCUT2D eigenvalue weighted by molar-refractivity contribution is -0.129. The fourth-order valence-corrected chi connectivity index (χ4v) is 5.38. The Bertz CT molecular complexity index is 1290. The highest BCUT2D eigenvalue weighted by Crippen LogP contribution is 2.25. The summed E-state index contributed by atoms with van der Waals surface area (Å²) in [6, 6.07) is 8.19. The molecular formula is C30H37N5O5. The van der Waals surface area contributed by atoms with Crippen molar-refractivity contribution in [3.63, 3.8) is 0 Å². The van der Waals surface area contributed by atoms with E-state index in [1.807, 2.05) is 17.0 Å². The number of aliphatic hydroxyl groups is 1. The Labute approximate surface area is 234 Å². The number of β-amino-alcohol motifs (C(OH)–C–C–N with tert-alkyl or cyclic N) is 1. The summed E-state index contributed by atoms with van der Waals surface area (Å²) in [5.41, 5.74) is 3.84. The zero-order valence-corrected chi connectivity index (χ0v) is 22.9. The van der Waals surface area contributed by atoms with Gasteiger partial charge in [0.2, 0.25) is 5.91 Å². The van der Waals surface area contributed by atoms with Gasteiger partial charge in [-0.1, -0.05) is 6.07 Å². The van der Waals surface area contributed by atoms with Gasteiger partial charge in [-0.25, -0.2) is 4.98 Å². The summed E-state index contributed by atoms with van der Waals surface area (Å²) < 4.78 is 11.0. The predicted molar refractivity (Wildman–Crippen MR) is 149 cm³/mol. The first kappa shape index (κ1) is 27.8. The average Bonchev–Trinajstić information content (AvgIpc) is 3.49. The first-order valence-corrected chi connectivity index (χ1v) is 14.0. The Kier molecular flexibility index (Phi) is 9.08. The summed E-state index contributed by atoms with van der Waals surface area (Å²) in [5.74, 6) is 1.57. The molecule has 40 heavy (non-hydrogen) atoms.